The molecule has 3 rings (SSSR count). The first-order valence-corrected chi connectivity index (χ1v) is 5.41. The highest BCUT2D eigenvalue weighted by Gasteiger charge is 2.21. The Balaban J connectivity index is 1.87. The van der Waals surface area contributed by atoms with Gasteiger partial charge in [0.05, 0.1) is 18.3 Å². The second kappa shape index (κ2) is 3.74. The van der Waals surface area contributed by atoms with Crippen molar-refractivity contribution in [2.45, 2.75) is 12.8 Å². The van der Waals surface area contributed by atoms with Crippen molar-refractivity contribution in [1.29, 1.82) is 0 Å². The zero-order valence-electron chi connectivity index (χ0n) is 8.74. The summed E-state index contributed by atoms with van der Waals surface area (Å²) >= 11 is 0. The lowest BCUT2D eigenvalue weighted by Gasteiger charge is -2.05. The van der Waals surface area contributed by atoms with Crippen molar-refractivity contribution in [3.8, 4) is 5.75 Å². The van der Waals surface area contributed by atoms with Crippen LogP contribution >= 0.6 is 0 Å². The number of aromatic nitrogens is 1. The quantitative estimate of drug-likeness (QED) is 0.786. The van der Waals surface area contributed by atoms with E-state index in [9.17, 15) is 4.39 Å². The van der Waals surface area contributed by atoms with E-state index in [2.05, 4.69) is 11.1 Å². The third-order valence-electron chi connectivity index (χ3n) is 2.71. The van der Waals surface area contributed by atoms with Crippen LogP contribution in [0.1, 0.15) is 12.8 Å². The average Bonchev–Trinajstić information content (AvgIpc) is 3.09. The van der Waals surface area contributed by atoms with Crippen LogP contribution in [-0.4, -0.2) is 11.6 Å². The zero-order valence-corrected chi connectivity index (χ0v) is 8.74. The number of ether oxygens (including phenoxy) is 1. The molecule has 1 fully saturated rings. The molecule has 1 heterocycles. The molecule has 1 radical (unpaired) electrons. The molecule has 1 aromatic heterocycles. The fraction of sp³-hybridized carbons (Fsp3) is 0.308. The molecule has 1 saturated carbocycles. The molecule has 0 unspecified atom stereocenters. The summed E-state index contributed by atoms with van der Waals surface area (Å²) in [5, 5.41) is 0.730. The van der Waals surface area contributed by atoms with Crippen molar-refractivity contribution in [2.75, 3.05) is 6.61 Å². The fourth-order valence-electron chi connectivity index (χ4n) is 1.60. The summed E-state index contributed by atoms with van der Waals surface area (Å²) in [5.74, 6) is 1.11. The summed E-state index contributed by atoms with van der Waals surface area (Å²) in [7, 11) is 0. The summed E-state index contributed by atoms with van der Waals surface area (Å²) in [6, 6.07) is 7.33. The van der Waals surface area contributed by atoms with Gasteiger partial charge in [0.25, 0.3) is 0 Å². The van der Waals surface area contributed by atoms with Gasteiger partial charge in [-0.15, -0.1) is 0 Å². The van der Waals surface area contributed by atoms with Crippen LogP contribution in [0.3, 0.4) is 0 Å². The highest BCUT2D eigenvalue weighted by atomic mass is 19.1. The zero-order chi connectivity index (χ0) is 11.0. The molecule has 0 atom stereocenters. The molecular weight excluding hydrogens is 205 g/mol. The summed E-state index contributed by atoms with van der Waals surface area (Å²) in [6.07, 6.45) is 4.17. The van der Waals surface area contributed by atoms with Gasteiger partial charge in [-0.05, 0) is 37.0 Å². The van der Waals surface area contributed by atoms with Gasteiger partial charge in [0.2, 0.25) is 0 Å². The van der Waals surface area contributed by atoms with Crippen molar-refractivity contribution in [1.82, 2.24) is 4.98 Å². The molecule has 0 spiro atoms. The average molecular weight is 216 g/mol. The van der Waals surface area contributed by atoms with Gasteiger partial charge in [-0.1, -0.05) is 0 Å². The highest BCUT2D eigenvalue weighted by Crippen LogP contribution is 2.29. The Hall–Kier alpha value is -1.64. The normalized spacial score (nSPS) is 15.3. The standard InChI is InChI=1S/C13H11FNO/c14-11-3-4-13-10(5-11)6-12(7-15-13)16-8-9-1-2-9/h3,5-7,9H,1-2,8H2. The largest absolute Gasteiger partial charge is 0.492 e. The molecule has 2 aromatic rings. The molecule has 0 aliphatic heterocycles. The van der Waals surface area contributed by atoms with E-state index >= 15 is 0 Å². The summed E-state index contributed by atoms with van der Waals surface area (Å²) in [6.45, 7) is 0.742. The summed E-state index contributed by atoms with van der Waals surface area (Å²) < 4.78 is 18.6. The van der Waals surface area contributed by atoms with Crippen LogP contribution in [0.15, 0.2) is 24.4 Å². The Labute approximate surface area is 93.1 Å². The van der Waals surface area contributed by atoms with Gasteiger partial charge in [-0.2, -0.15) is 0 Å². The lowest BCUT2D eigenvalue weighted by atomic mass is 10.2. The van der Waals surface area contributed by atoms with Crippen molar-refractivity contribution in [3.63, 3.8) is 0 Å². The summed E-state index contributed by atoms with van der Waals surface area (Å²) in [4.78, 5) is 4.17. The highest BCUT2D eigenvalue weighted by molar-refractivity contribution is 5.79. The van der Waals surface area contributed by atoms with Gasteiger partial charge in [-0.25, -0.2) is 4.39 Å². The second-order valence-corrected chi connectivity index (χ2v) is 4.18. The Morgan fingerprint density at radius 1 is 1.44 bits per heavy atom. The van der Waals surface area contributed by atoms with E-state index in [0.717, 1.165) is 12.0 Å². The smallest absolute Gasteiger partial charge is 0.138 e. The van der Waals surface area contributed by atoms with Crippen molar-refractivity contribution in [3.05, 3.63) is 36.3 Å². The molecule has 81 valence electrons. The van der Waals surface area contributed by atoms with E-state index in [0.29, 0.717) is 17.2 Å². The molecule has 1 aliphatic rings. The molecule has 3 heteroatoms. The van der Waals surface area contributed by atoms with Gasteiger partial charge >= 0.3 is 0 Å². The van der Waals surface area contributed by atoms with Crippen molar-refractivity contribution < 1.29 is 9.13 Å². The van der Waals surface area contributed by atoms with Gasteiger partial charge in [0.1, 0.15) is 11.6 Å². The maximum atomic E-state index is 13.0. The number of rotatable bonds is 3. The number of pyridine rings is 1. The van der Waals surface area contributed by atoms with E-state index in [1.54, 1.807) is 6.20 Å². The minimum atomic E-state index is -0.298. The predicted octanol–water partition coefficient (Wildman–Crippen LogP) is 2.96. The molecule has 1 aromatic carbocycles. The Morgan fingerprint density at radius 3 is 3.12 bits per heavy atom. The minimum absolute atomic E-state index is 0.298. The third kappa shape index (κ3) is 1.98. The molecule has 2 nitrogen and oxygen atoms in total. The van der Waals surface area contributed by atoms with Gasteiger partial charge in [0, 0.05) is 11.5 Å². The van der Waals surface area contributed by atoms with Crippen LogP contribution in [0.25, 0.3) is 10.9 Å². The Bertz CT molecular complexity index is 522. The van der Waals surface area contributed by atoms with Crippen molar-refractivity contribution in [2.24, 2.45) is 5.92 Å². The molecule has 16 heavy (non-hydrogen) atoms. The van der Waals surface area contributed by atoms with Crippen LogP contribution in [0.2, 0.25) is 0 Å². The van der Waals surface area contributed by atoms with E-state index in [1.807, 2.05) is 6.07 Å². The topological polar surface area (TPSA) is 22.1 Å². The third-order valence-corrected chi connectivity index (χ3v) is 2.71. The van der Waals surface area contributed by atoms with Crippen LogP contribution in [0.5, 0.6) is 5.75 Å². The number of nitrogens with zero attached hydrogens (tertiary/aromatic N) is 1. The molecule has 0 saturated heterocycles. The lowest BCUT2D eigenvalue weighted by molar-refractivity contribution is 0.299. The molecular formula is C13H11FNO. The van der Waals surface area contributed by atoms with Crippen LogP contribution in [0.4, 0.5) is 4.39 Å². The molecule has 0 bridgehead atoms. The predicted molar refractivity (Wildman–Crippen MR) is 58.8 cm³/mol. The van der Waals surface area contributed by atoms with E-state index in [-0.39, 0.29) is 5.82 Å². The summed E-state index contributed by atoms with van der Waals surface area (Å²) in [5.41, 5.74) is 0.667. The number of halogens is 1. The Morgan fingerprint density at radius 2 is 2.31 bits per heavy atom. The number of hydrogen-bond donors (Lipinski definition) is 0. The van der Waals surface area contributed by atoms with Crippen LogP contribution in [0, 0.1) is 17.8 Å². The molecule has 1 aliphatic carbocycles. The van der Waals surface area contributed by atoms with Crippen LogP contribution in [-0.2, 0) is 0 Å². The molecule has 0 N–H and O–H groups in total. The van der Waals surface area contributed by atoms with E-state index in [1.165, 1.54) is 25.0 Å². The second-order valence-electron chi connectivity index (χ2n) is 4.18. The molecule has 0 amide bonds. The Kier molecular flexibility index (Phi) is 2.24. The lowest BCUT2D eigenvalue weighted by Crippen LogP contribution is -1.99. The first-order valence-electron chi connectivity index (χ1n) is 5.41. The first-order chi connectivity index (χ1) is 7.81. The number of hydrogen-bond acceptors (Lipinski definition) is 2. The van der Waals surface area contributed by atoms with Gasteiger partial charge in [-0.3, -0.25) is 4.98 Å². The maximum Gasteiger partial charge on any atom is 0.138 e. The van der Waals surface area contributed by atoms with Gasteiger partial charge < -0.3 is 4.74 Å². The van der Waals surface area contributed by atoms with Crippen LogP contribution < -0.4 is 4.74 Å². The maximum absolute atomic E-state index is 13.0. The monoisotopic (exact) mass is 216 g/mol. The van der Waals surface area contributed by atoms with Gasteiger partial charge in [0.15, 0.2) is 0 Å². The first kappa shape index (κ1) is 9.58. The minimum Gasteiger partial charge on any atom is -0.492 e. The number of benzene rings is 1. The fourth-order valence-corrected chi connectivity index (χ4v) is 1.60. The van der Waals surface area contributed by atoms with E-state index < -0.39 is 0 Å². The van der Waals surface area contributed by atoms with Crippen molar-refractivity contribution >= 4 is 10.9 Å². The number of fused-ring (bicyclic) bond motifs is 1. The van der Waals surface area contributed by atoms with E-state index in [4.69, 9.17) is 4.74 Å². The SMILES string of the molecule is Fc1c[c]c2ncc(OCC3CC3)cc2c1.